The van der Waals surface area contributed by atoms with Gasteiger partial charge in [-0.3, -0.25) is 0 Å². The molecule has 0 radical (unpaired) electrons. The number of hydrogen-bond acceptors (Lipinski definition) is 5. The minimum absolute atomic E-state index is 0.0994. The van der Waals surface area contributed by atoms with E-state index in [1.54, 1.807) is 7.11 Å². The summed E-state index contributed by atoms with van der Waals surface area (Å²) in [4.78, 5) is 7.98. The lowest BCUT2D eigenvalue weighted by atomic mass is 10.2. The molecule has 1 N–H and O–H groups in total. The van der Waals surface area contributed by atoms with Crippen molar-refractivity contribution in [3.63, 3.8) is 0 Å². The molecule has 27 heavy (non-hydrogen) atoms. The van der Waals surface area contributed by atoms with Gasteiger partial charge in [0.1, 0.15) is 5.75 Å². The molecule has 0 saturated heterocycles. The molecule has 3 rings (SSSR count). The van der Waals surface area contributed by atoms with Crippen LogP contribution in [0.4, 0.5) is 10.2 Å². The largest absolute Gasteiger partial charge is 0.497 e. The molecule has 7 heteroatoms. The number of hydrogen-bond donors (Lipinski definition) is 1. The lowest BCUT2D eigenvalue weighted by Crippen LogP contribution is -2.08. The van der Waals surface area contributed by atoms with Crippen LogP contribution in [0.1, 0.15) is 11.1 Å². The maximum absolute atomic E-state index is 13.9. The number of nitrogens with zero attached hydrogens (tertiary/aromatic N) is 2. The molecule has 0 amide bonds. The molecule has 3 aromatic rings. The Morgan fingerprint density at radius 2 is 1.74 bits per heavy atom. The van der Waals surface area contributed by atoms with Crippen LogP contribution in [0.5, 0.6) is 11.8 Å². The molecule has 0 spiro atoms. The van der Waals surface area contributed by atoms with E-state index in [2.05, 4.69) is 15.3 Å². The third-order valence-corrected chi connectivity index (χ3v) is 4.13. The van der Waals surface area contributed by atoms with E-state index in [1.807, 2.05) is 48.5 Å². The highest BCUT2D eigenvalue weighted by Crippen LogP contribution is 2.17. The number of benzene rings is 2. The zero-order valence-corrected chi connectivity index (χ0v) is 15.5. The first-order valence-corrected chi connectivity index (χ1v) is 8.78. The Hall–Kier alpha value is -2.86. The molecule has 0 fully saturated rings. The van der Waals surface area contributed by atoms with Crippen LogP contribution in [-0.2, 0) is 13.0 Å². The Morgan fingerprint density at radius 3 is 2.44 bits per heavy atom. The maximum atomic E-state index is 13.9. The van der Waals surface area contributed by atoms with Crippen LogP contribution in [0.25, 0.3) is 0 Å². The molecule has 5 nitrogen and oxygen atoms in total. The fourth-order valence-electron chi connectivity index (χ4n) is 2.38. The Kier molecular flexibility index (Phi) is 6.44. The lowest BCUT2D eigenvalue weighted by molar-refractivity contribution is 0.295. The van der Waals surface area contributed by atoms with Crippen molar-refractivity contribution in [2.45, 2.75) is 13.0 Å². The molecule has 0 aliphatic rings. The van der Waals surface area contributed by atoms with Crippen molar-refractivity contribution in [1.82, 2.24) is 9.97 Å². The smallest absolute Gasteiger partial charge is 0.318 e. The summed E-state index contributed by atoms with van der Waals surface area (Å²) in [6.07, 6.45) is 1.77. The summed E-state index contributed by atoms with van der Waals surface area (Å²) in [6, 6.07) is 15.1. The van der Waals surface area contributed by atoms with Gasteiger partial charge in [-0.15, -0.1) is 0 Å². The van der Waals surface area contributed by atoms with Crippen molar-refractivity contribution in [1.29, 1.82) is 0 Å². The van der Waals surface area contributed by atoms with E-state index in [0.29, 0.717) is 24.6 Å². The van der Waals surface area contributed by atoms with Crippen molar-refractivity contribution < 1.29 is 13.9 Å². The van der Waals surface area contributed by atoms with E-state index in [0.717, 1.165) is 23.1 Å². The summed E-state index contributed by atoms with van der Waals surface area (Å²) in [5.74, 6) is 0.333. The first-order chi connectivity index (χ1) is 13.1. The molecular formula is C20H19ClFN3O2. The normalized spacial score (nSPS) is 10.5. The zero-order valence-electron chi connectivity index (χ0n) is 14.8. The van der Waals surface area contributed by atoms with Gasteiger partial charge in [-0.1, -0.05) is 35.9 Å². The summed E-state index contributed by atoms with van der Waals surface area (Å²) in [6.45, 7) is 0.799. The first-order valence-electron chi connectivity index (χ1n) is 8.40. The van der Waals surface area contributed by atoms with Gasteiger partial charge in [-0.05, 0) is 35.4 Å². The Balaban J connectivity index is 1.55. The first kappa shape index (κ1) is 18.9. The van der Waals surface area contributed by atoms with E-state index in [4.69, 9.17) is 21.1 Å². The summed E-state index contributed by atoms with van der Waals surface area (Å²) in [5.41, 5.74) is 2.05. The van der Waals surface area contributed by atoms with Crippen molar-refractivity contribution in [2.24, 2.45) is 0 Å². The topological polar surface area (TPSA) is 56.3 Å². The van der Waals surface area contributed by atoms with Crippen LogP contribution < -0.4 is 14.8 Å². The monoisotopic (exact) mass is 387 g/mol. The van der Waals surface area contributed by atoms with Gasteiger partial charge in [0.15, 0.2) is 11.6 Å². The molecule has 0 aliphatic heterocycles. The molecule has 1 heterocycles. The fraction of sp³-hybridized carbons (Fsp3) is 0.200. The average Bonchev–Trinajstić information content (AvgIpc) is 2.70. The predicted molar refractivity (Wildman–Crippen MR) is 103 cm³/mol. The zero-order chi connectivity index (χ0) is 19.1. The number of aromatic nitrogens is 2. The Morgan fingerprint density at radius 1 is 1.04 bits per heavy atom. The second kappa shape index (κ2) is 9.19. The standard InChI is InChI=1S/C20H19ClFN3O2/c1-26-17-8-4-15(5-9-17)12-23-19-18(22)13-24-20(25-19)27-11-10-14-2-6-16(21)7-3-14/h2-9,13H,10-12H2,1H3,(H,23,24,25). The van der Waals surface area contributed by atoms with Gasteiger partial charge in [0.05, 0.1) is 19.9 Å². The number of nitrogens with one attached hydrogen (secondary N) is 1. The van der Waals surface area contributed by atoms with Gasteiger partial charge in [0.2, 0.25) is 0 Å². The highest BCUT2D eigenvalue weighted by Gasteiger charge is 2.08. The highest BCUT2D eigenvalue weighted by molar-refractivity contribution is 6.30. The summed E-state index contributed by atoms with van der Waals surface area (Å²) in [7, 11) is 1.61. The van der Waals surface area contributed by atoms with Crippen LogP contribution in [0.2, 0.25) is 5.02 Å². The molecule has 0 atom stereocenters. The van der Waals surface area contributed by atoms with Crippen molar-refractivity contribution in [3.05, 3.63) is 76.7 Å². The SMILES string of the molecule is COc1ccc(CNc2nc(OCCc3ccc(Cl)cc3)ncc2F)cc1. The van der Waals surface area contributed by atoms with Crippen LogP contribution in [0.3, 0.4) is 0 Å². The van der Waals surface area contributed by atoms with Crippen molar-refractivity contribution in [2.75, 3.05) is 19.0 Å². The summed E-state index contributed by atoms with van der Waals surface area (Å²) >= 11 is 5.86. The van der Waals surface area contributed by atoms with E-state index in [1.165, 1.54) is 0 Å². The van der Waals surface area contributed by atoms with E-state index >= 15 is 0 Å². The van der Waals surface area contributed by atoms with E-state index < -0.39 is 5.82 Å². The molecule has 1 aromatic heterocycles. The lowest BCUT2D eigenvalue weighted by Gasteiger charge is -2.09. The fourth-order valence-corrected chi connectivity index (χ4v) is 2.51. The number of anilines is 1. The minimum Gasteiger partial charge on any atom is -0.497 e. The van der Waals surface area contributed by atoms with Crippen LogP contribution >= 0.6 is 11.6 Å². The molecule has 0 saturated carbocycles. The molecule has 0 unspecified atom stereocenters. The molecular weight excluding hydrogens is 369 g/mol. The number of methoxy groups -OCH3 is 1. The number of ether oxygens (including phenoxy) is 2. The van der Waals surface area contributed by atoms with Gasteiger partial charge in [-0.2, -0.15) is 4.98 Å². The van der Waals surface area contributed by atoms with Gasteiger partial charge < -0.3 is 14.8 Å². The van der Waals surface area contributed by atoms with Gasteiger partial charge in [0, 0.05) is 18.0 Å². The average molecular weight is 388 g/mol. The Labute approximate surface area is 162 Å². The quantitative estimate of drug-likeness (QED) is 0.616. The van der Waals surface area contributed by atoms with Crippen molar-refractivity contribution in [3.8, 4) is 11.8 Å². The third-order valence-electron chi connectivity index (χ3n) is 3.88. The highest BCUT2D eigenvalue weighted by atomic mass is 35.5. The van der Waals surface area contributed by atoms with Crippen LogP contribution in [-0.4, -0.2) is 23.7 Å². The third kappa shape index (κ3) is 5.56. The van der Waals surface area contributed by atoms with Crippen molar-refractivity contribution >= 4 is 17.4 Å². The van der Waals surface area contributed by atoms with Gasteiger partial charge in [0.25, 0.3) is 0 Å². The van der Waals surface area contributed by atoms with Crippen LogP contribution in [0, 0.1) is 5.82 Å². The molecule has 2 aromatic carbocycles. The van der Waals surface area contributed by atoms with E-state index in [-0.39, 0.29) is 11.8 Å². The van der Waals surface area contributed by atoms with E-state index in [9.17, 15) is 4.39 Å². The second-order valence-corrected chi connectivity index (χ2v) is 6.21. The molecule has 0 aliphatic carbocycles. The number of rotatable bonds is 8. The number of halogens is 2. The second-order valence-electron chi connectivity index (χ2n) is 5.78. The van der Waals surface area contributed by atoms with Gasteiger partial charge >= 0.3 is 6.01 Å². The maximum Gasteiger partial charge on any atom is 0.318 e. The van der Waals surface area contributed by atoms with Crippen LogP contribution in [0.15, 0.2) is 54.7 Å². The summed E-state index contributed by atoms with van der Waals surface area (Å²) < 4.78 is 24.6. The molecule has 140 valence electrons. The Bertz CT molecular complexity index is 873. The molecule has 0 bridgehead atoms. The van der Waals surface area contributed by atoms with Gasteiger partial charge in [-0.25, -0.2) is 9.37 Å². The summed E-state index contributed by atoms with van der Waals surface area (Å²) in [5, 5.41) is 3.65. The predicted octanol–water partition coefficient (Wildman–Crippen LogP) is 4.51. The minimum atomic E-state index is -0.534.